The molecular formula is C18H30O2. The molecule has 20 heavy (non-hydrogen) atoms. The molecular weight excluding hydrogens is 248 g/mol. The zero-order chi connectivity index (χ0) is 14.9. The van der Waals surface area contributed by atoms with Crippen molar-refractivity contribution < 1.29 is 9.90 Å². The fourth-order valence-corrected chi connectivity index (χ4v) is 1.93. The molecule has 0 rings (SSSR count). The van der Waals surface area contributed by atoms with Gasteiger partial charge in [-0.1, -0.05) is 43.7 Å². The Hall–Kier alpha value is -1.31. The summed E-state index contributed by atoms with van der Waals surface area (Å²) in [6, 6.07) is 0. The summed E-state index contributed by atoms with van der Waals surface area (Å²) in [4.78, 5) is 10.2. The second-order valence-electron chi connectivity index (χ2n) is 5.01. The van der Waals surface area contributed by atoms with Gasteiger partial charge in [-0.2, -0.15) is 0 Å². The lowest BCUT2D eigenvalue weighted by atomic mass is 10.1. The SMILES string of the molecule is CC/C=C/CCCC/C=C/CCCCC/C=C/C(=O)O. The first kappa shape index (κ1) is 18.7. The first-order valence-electron chi connectivity index (χ1n) is 7.96. The van der Waals surface area contributed by atoms with E-state index in [1.54, 1.807) is 6.08 Å². The van der Waals surface area contributed by atoms with Crippen LogP contribution in [0.3, 0.4) is 0 Å². The summed E-state index contributed by atoms with van der Waals surface area (Å²) in [7, 11) is 0. The van der Waals surface area contributed by atoms with Crippen LogP contribution in [0.4, 0.5) is 0 Å². The Morgan fingerprint density at radius 1 is 0.750 bits per heavy atom. The summed E-state index contributed by atoms with van der Waals surface area (Å²) in [6.07, 6.45) is 23.7. The molecule has 0 aromatic heterocycles. The first-order chi connectivity index (χ1) is 9.77. The molecule has 2 nitrogen and oxygen atoms in total. The second-order valence-corrected chi connectivity index (χ2v) is 5.01. The molecule has 0 saturated heterocycles. The summed E-state index contributed by atoms with van der Waals surface area (Å²) in [6.45, 7) is 2.17. The largest absolute Gasteiger partial charge is 0.478 e. The average Bonchev–Trinajstić information content (AvgIpc) is 2.43. The number of aliphatic carboxylic acids is 1. The molecule has 1 N–H and O–H groups in total. The number of rotatable bonds is 13. The summed E-state index contributed by atoms with van der Waals surface area (Å²) in [5.74, 6) is -0.849. The maximum atomic E-state index is 10.2. The van der Waals surface area contributed by atoms with Crippen molar-refractivity contribution in [3.8, 4) is 0 Å². The molecule has 0 aromatic carbocycles. The number of hydrogen-bond donors (Lipinski definition) is 1. The smallest absolute Gasteiger partial charge is 0.327 e. The highest BCUT2D eigenvalue weighted by Crippen LogP contribution is 2.06. The van der Waals surface area contributed by atoms with Crippen LogP contribution < -0.4 is 0 Å². The third-order valence-electron chi connectivity index (χ3n) is 3.06. The van der Waals surface area contributed by atoms with Gasteiger partial charge in [0, 0.05) is 6.08 Å². The van der Waals surface area contributed by atoms with Crippen LogP contribution in [0.15, 0.2) is 36.5 Å². The van der Waals surface area contributed by atoms with Crippen LogP contribution in [0.1, 0.15) is 71.1 Å². The Kier molecular flexibility index (Phi) is 14.7. The van der Waals surface area contributed by atoms with Gasteiger partial charge in [0.25, 0.3) is 0 Å². The fourth-order valence-electron chi connectivity index (χ4n) is 1.93. The number of hydrogen-bond acceptors (Lipinski definition) is 1. The minimum Gasteiger partial charge on any atom is -0.478 e. The molecule has 0 atom stereocenters. The molecule has 0 aliphatic carbocycles. The van der Waals surface area contributed by atoms with E-state index in [9.17, 15) is 4.79 Å². The van der Waals surface area contributed by atoms with Gasteiger partial charge in [-0.3, -0.25) is 0 Å². The van der Waals surface area contributed by atoms with Gasteiger partial charge >= 0.3 is 5.97 Å². The molecule has 0 radical (unpaired) electrons. The summed E-state index contributed by atoms with van der Waals surface area (Å²) in [5.41, 5.74) is 0. The first-order valence-corrected chi connectivity index (χ1v) is 7.96. The maximum Gasteiger partial charge on any atom is 0.327 e. The van der Waals surface area contributed by atoms with E-state index in [-0.39, 0.29) is 0 Å². The molecule has 114 valence electrons. The van der Waals surface area contributed by atoms with Crippen molar-refractivity contribution in [1.29, 1.82) is 0 Å². The molecule has 0 heterocycles. The minimum atomic E-state index is -0.849. The second kappa shape index (κ2) is 15.7. The molecule has 0 aliphatic rings. The lowest BCUT2D eigenvalue weighted by Gasteiger charge is -1.96. The maximum absolute atomic E-state index is 10.2. The van der Waals surface area contributed by atoms with Crippen molar-refractivity contribution in [3.05, 3.63) is 36.5 Å². The van der Waals surface area contributed by atoms with Crippen molar-refractivity contribution in [2.45, 2.75) is 71.1 Å². The number of allylic oxidation sites excluding steroid dienone is 5. The lowest BCUT2D eigenvalue weighted by molar-refractivity contribution is -0.131. The van der Waals surface area contributed by atoms with E-state index in [0.717, 1.165) is 25.7 Å². The van der Waals surface area contributed by atoms with E-state index in [2.05, 4.69) is 31.2 Å². The van der Waals surface area contributed by atoms with Gasteiger partial charge in [0.05, 0.1) is 0 Å². The molecule has 0 spiro atoms. The number of carboxylic acids is 1. The number of unbranched alkanes of at least 4 members (excludes halogenated alkanes) is 7. The quantitative estimate of drug-likeness (QED) is 0.268. The van der Waals surface area contributed by atoms with Gasteiger partial charge in [-0.25, -0.2) is 4.79 Å². The van der Waals surface area contributed by atoms with Crippen LogP contribution in [0.25, 0.3) is 0 Å². The third-order valence-corrected chi connectivity index (χ3v) is 3.06. The molecule has 2 heteroatoms. The van der Waals surface area contributed by atoms with Crippen molar-refractivity contribution in [2.24, 2.45) is 0 Å². The highest BCUT2D eigenvalue weighted by Gasteiger charge is 1.88. The zero-order valence-electron chi connectivity index (χ0n) is 12.9. The minimum absolute atomic E-state index is 0.849. The van der Waals surface area contributed by atoms with Crippen LogP contribution in [-0.2, 0) is 4.79 Å². The summed E-state index contributed by atoms with van der Waals surface area (Å²) in [5, 5.41) is 8.42. The normalized spacial score (nSPS) is 12.1. The zero-order valence-corrected chi connectivity index (χ0v) is 12.9. The Morgan fingerprint density at radius 2 is 1.20 bits per heavy atom. The molecule has 0 aromatic rings. The predicted octanol–water partition coefficient (Wildman–Crippen LogP) is 5.66. The third kappa shape index (κ3) is 16.7. The van der Waals surface area contributed by atoms with Gasteiger partial charge in [0.15, 0.2) is 0 Å². The Labute approximate surface area is 124 Å². The predicted molar refractivity (Wildman–Crippen MR) is 86.9 cm³/mol. The number of carboxylic acid groups (broad SMARTS) is 1. The van der Waals surface area contributed by atoms with E-state index in [4.69, 9.17) is 5.11 Å². The van der Waals surface area contributed by atoms with Crippen molar-refractivity contribution in [2.75, 3.05) is 0 Å². The average molecular weight is 278 g/mol. The Balaban J connectivity index is 3.20. The number of carbonyl (C=O) groups is 1. The van der Waals surface area contributed by atoms with Gasteiger partial charge in [-0.15, -0.1) is 0 Å². The molecule has 0 aliphatic heterocycles. The van der Waals surface area contributed by atoms with Crippen LogP contribution in [-0.4, -0.2) is 11.1 Å². The highest BCUT2D eigenvalue weighted by atomic mass is 16.4. The highest BCUT2D eigenvalue weighted by molar-refractivity contribution is 5.79. The monoisotopic (exact) mass is 278 g/mol. The van der Waals surface area contributed by atoms with E-state index in [0.29, 0.717) is 0 Å². The molecule has 0 unspecified atom stereocenters. The van der Waals surface area contributed by atoms with Gasteiger partial charge < -0.3 is 5.11 Å². The molecule has 0 fully saturated rings. The Bertz CT molecular complexity index is 301. The standard InChI is InChI=1S/C18H30O2/c1-2-3-4-5-6-7-8-9-10-11-12-13-14-15-16-17-18(19)20/h3-4,9-10,16-17H,2,5-8,11-15H2,1H3,(H,19,20)/b4-3+,10-9+,17-16+. The van der Waals surface area contributed by atoms with Gasteiger partial charge in [-0.05, 0) is 57.8 Å². The van der Waals surface area contributed by atoms with Crippen LogP contribution in [0.5, 0.6) is 0 Å². The van der Waals surface area contributed by atoms with Crippen LogP contribution in [0.2, 0.25) is 0 Å². The van der Waals surface area contributed by atoms with Crippen LogP contribution >= 0.6 is 0 Å². The van der Waals surface area contributed by atoms with Crippen molar-refractivity contribution >= 4 is 5.97 Å². The topological polar surface area (TPSA) is 37.3 Å². The van der Waals surface area contributed by atoms with Crippen molar-refractivity contribution in [1.82, 2.24) is 0 Å². The van der Waals surface area contributed by atoms with E-state index < -0.39 is 5.97 Å². The van der Waals surface area contributed by atoms with E-state index in [1.807, 2.05) is 0 Å². The summed E-state index contributed by atoms with van der Waals surface area (Å²) >= 11 is 0. The Morgan fingerprint density at radius 3 is 1.70 bits per heavy atom. The molecule has 0 amide bonds. The summed E-state index contributed by atoms with van der Waals surface area (Å²) < 4.78 is 0. The van der Waals surface area contributed by atoms with E-state index >= 15 is 0 Å². The van der Waals surface area contributed by atoms with Gasteiger partial charge in [0.2, 0.25) is 0 Å². The van der Waals surface area contributed by atoms with Crippen LogP contribution in [0, 0.1) is 0 Å². The van der Waals surface area contributed by atoms with E-state index in [1.165, 1.54) is 44.6 Å². The fraction of sp³-hybridized carbons (Fsp3) is 0.611. The van der Waals surface area contributed by atoms with Gasteiger partial charge in [0.1, 0.15) is 0 Å². The van der Waals surface area contributed by atoms with Crippen molar-refractivity contribution in [3.63, 3.8) is 0 Å². The molecule has 0 bridgehead atoms. The molecule has 0 saturated carbocycles. The lowest BCUT2D eigenvalue weighted by Crippen LogP contribution is -1.85.